The van der Waals surface area contributed by atoms with Gasteiger partial charge >= 0.3 is 5.97 Å². The fourth-order valence-corrected chi connectivity index (χ4v) is 4.59. The summed E-state index contributed by atoms with van der Waals surface area (Å²) in [7, 11) is 0. The van der Waals surface area contributed by atoms with Crippen LogP contribution < -0.4 is 0 Å². The molecule has 0 N–H and O–H groups in total. The molecule has 1 aliphatic rings. The second-order valence-electron chi connectivity index (χ2n) is 8.24. The first-order valence-corrected chi connectivity index (χ1v) is 10.9. The van der Waals surface area contributed by atoms with Crippen molar-refractivity contribution < 1.29 is 14.3 Å². The van der Waals surface area contributed by atoms with Gasteiger partial charge < -0.3 is 14.0 Å². The minimum Gasteiger partial charge on any atom is -0.466 e. The lowest BCUT2D eigenvalue weighted by Gasteiger charge is -2.41. The Kier molecular flexibility index (Phi) is 6.01. The molecular formula is C24H26ClN3O3. The van der Waals surface area contributed by atoms with E-state index in [1.807, 2.05) is 53.9 Å². The highest BCUT2D eigenvalue weighted by Gasteiger charge is 2.45. The second-order valence-corrected chi connectivity index (χ2v) is 8.67. The van der Waals surface area contributed by atoms with E-state index in [0.717, 1.165) is 23.2 Å². The van der Waals surface area contributed by atoms with E-state index in [2.05, 4.69) is 4.98 Å². The molecule has 1 atom stereocenters. The van der Waals surface area contributed by atoms with Gasteiger partial charge in [0.2, 0.25) is 0 Å². The van der Waals surface area contributed by atoms with E-state index in [1.54, 1.807) is 18.0 Å². The standard InChI is InChI=1S/C24H26ClN3O3/c1-3-31-23(30)24(13-18-6-4-7-19(25)12-18)10-5-11-27(16-24)22(29)20-15-28-14-17(2)8-9-21(28)26-20/h4,6-9,12,14-15H,3,5,10-11,13,16H2,1-2H3. The first kappa shape index (κ1) is 21.4. The zero-order valence-electron chi connectivity index (χ0n) is 17.8. The Hall–Kier alpha value is -2.86. The van der Waals surface area contributed by atoms with Crippen molar-refractivity contribution >= 4 is 29.1 Å². The summed E-state index contributed by atoms with van der Waals surface area (Å²) in [6, 6.07) is 11.4. The molecule has 0 radical (unpaired) electrons. The smallest absolute Gasteiger partial charge is 0.314 e. The monoisotopic (exact) mass is 439 g/mol. The number of likely N-dealkylation sites (tertiary alicyclic amines) is 1. The molecule has 162 valence electrons. The van der Waals surface area contributed by atoms with E-state index in [0.29, 0.717) is 43.3 Å². The molecule has 31 heavy (non-hydrogen) atoms. The molecular weight excluding hydrogens is 414 g/mol. The molecule has 1 aliphatic heterocycles. The van der Waals surface area contributed by atoms with Crippen LogP contribution in [-0.2, 0) is 16.0 Å². The third-order valence-corrected chi connectivity index (χ3v) is 6.06. The summed E-state index contributed by atoms with van der Waals surface area (Å²) >= 11 is 6.17. The predicted molar refractivity (Wildman–Crippen MR) is 119 cm³/mol. The van der Waals surface area contributed by atoms with Gasteiger partial charge in [-0.15, -0.1) is 0 Å². The topological polar surface area (TPSA) is 63.9 Å². The minimum atomic E-state index is -0.801. The number of aromatic nitrogens is 2. The normalized spacial score (nSPS) is 18.9. The largest absolute Gasteiger partial charge is 0.466 e. The quantitative estimate of drug-likeness (QED) is 0.555. The highest BCUT2D eigenvalue weighted by Crippen LogP contribution is 2.36. The SMILES string of the molecule is CCOC(=O)C1(Cc2cccc(Cl)c2)CCCN(C(=O)c2cn3cc(C)ccc3n2)C1. The molecule has 2 aromatic heterocycles. The third kappa shape index (κ3) is 4.44. The number of rotatable bonds is 5. The van der Waals surface area contributed by atoms with Gasteiger partial charge in [-0.05, 0) is 62.4 Å². The zero-order valence-corrected chi connectivity index (χ0v) is 18.6. The summed E-state index contributed by atoms with van der Waals surface area (Å²) in [6.45, 7) is 4.98. The molecule has 0 spiro atoms. The lowest BCUT2D eigenvalue weighted by Crippen LogP contribution is -2.51. The molecule has 1 saturated heterocycles. The number of aryl methyl sites for hydroxylation is 1. The van der Waals surface area contributed by atoms with Crippen LogP contribution in [0.1, 0.15) is 41.4 Å². The van der Waals surface area contributed by atoms with Crippen LogP contribution in [0.25, 0.3) is 5.65 Å². The van der Waals surface area contributed by atoms with Crippen molar-refractivity contribution in [2.75, 3.05) is 19.7 Å². The third-order valence-electron chi connectivity index (χ3n) is 5.82. The van der Waals surface area contributed by atoms with Crippen molar-refractivity contribution in [2.45, 2.75) is 33.1 Å². The highest BCUT2D eigenvalue weighted by molar-refractivity contribution is 6.30. The number of nitrogens with zero attached hydrogens (tertiary/aromatic N) is 3. The predicted octanol–water partition coefficient (Wildman–Crippen LogP) is 4.32. The van der Waals surface area contributed by atoms with Gasteiger partial charge in [0.05, 0.1) is 12.0 Å². The van der Waals surface area contributed by atoms with Crippen LogP contribution in [0.15, 0.2) is 48.8 Å². The van der Waals surface area contributed by atoms with Crippen molar-refractivity contribution in [1.82, 2.24) is 14.3 Å². The molecule has 1 unspecified atom stereocenters. The molecule has 3 heterocycles. The molecule has 0 saturated carbocycles. The van der Waals surface area contributed by atoms with E-state index in [-0.39, 0.29) is 11.9 Å². The number of pyridine rings is 1. The molecule has 3 aromatic rings. The molecule has 1 amide bonds. The summed E-state index contributed by atoms with van der Waals surface area (Å²) in [5.74, 6) is -0.432. The summed E-state index contributed by atoms with van der Waals surface area (Å²) in [6.07, 6.45) is 5.55. The number of carbonyl (C=O) groups excluding carboxylic acids is 2. The summed E-state index contributed by atoms with van der Waals surface area (Å²) in [5.41, 5.74) is 2.35. The second kappa shape index (κ2) is 8.71. The van der Waals surface area contributed by atoms with Crippen molar-refractivity contribution in [3.8, 4) is 0 Å². The number of imidazole rings is 1. The van der Waals surface area contributed by atoms with Crippen molar-refractivity contribution in [1.29, 1.82) is 0 Å². The van der Waals surface area contributed by atoms with Crippen LogP contribution >= 0.6 is 11.6 Å². The van der Waals surface area contributed by atoms with Crippen LogP contribution in [0.4, 0.5) is 0 Å². The summed E-state index contributed by atoms with van der Waals surface area (Å²) in [5, 5.41) is 0.625. The van der Waals surface area contributed by atoms with Gasteiger partial charge in [0.15, 0.2) is 0 Å². The molecule has 7 heteroatoms. The number of benzene rings is 1. The minimum absolute atomic E-state index is 0.166. The maximum atomic E-state index is 13.3. The number of fused-ring (bicyclic) bond motifs is 1. The Morgan fingerprint density at radius 1 is 1.23 bits per heavy atom. The average Bonchev–Trinajstić information content (AvgIpc) is 3.16. The first-order valence-electron chi connectivity index (χ1n) is 10.6. The zero-order chi connectivity index (χ0) is 22.0. The van der Waals surface area contributed by atoms with Crippen molar-refractivity contribution in [3.05, 3.63) is 70.6 Å². The lowest BCUT2D eigenvalue weighted by molar-refractivity contribution is -0.158. The fourth-order valence-electron chi connectivity index (χ4n) is 4.38. The molecule has 6 nitrogen and oxygen atoms in total. The highest BCUT2D eigenvalue weighted by atomic mass is 35.5. The average molecular weight is 440 g/mol. The maximum Gasteiger partial charge on any atom is 0.314 e. The Labute approximate surface area is 186 Å². The number of piperidine rings is 1. The summed E-state index contributed by atoms with van der Waals surface area (Å²) < 4.78 is 7.31. The number of esters is 1. The number of hydrogen-bond donors (Lipinski definition) is 0. The van der Waals surface area contributed by atoms with E-state index >= 15 is 0 Å². The van der Waals surface area contributed by atoms with Crippen molar-refractivity contribution in [2.24, 2.45) is 5.41 Å². The van der Waals surface area contributed by atoms with Crippen LogP contribution in [-0.4, -0.2) is 45.9 Å². The van der Waals surface area contributed by atoms with E-state index in [9.17, 15) is 9.59 Å². The van der Waals surface area contributed by atoms with Gasteiger partial charge in [0.25, 0.3) is 5.91 Å². The van der Waals surface area contributed by atoms with Crippen LogP contribution in [0.2, 0.25) is 5.02 Å². The Morgan fingerprint density at radius 2 is 2.06 bits per heavy atom. The van der Waals surface area contributed by atoms with Crippen LogP contribution in [0.5, 0.6) is 0 Å². The number of hydrogen-bond acceptors (Lipinski definition) is 4. The van der Waals surface area contributed by atoms with Gasteiger partial charge in [-0.1, -0.05) is 29.8 Å². The van der Waals surface area contributed by atoms with E-state index in [4.69, 9.17) is 16.3 Å². The molecule has 1 aromatic carbocycles. The number of ether oxygens (including phenoxy) is 1. The number of halogens is 1. The number of amides is 1. The van der Waals surface area contributed by atoms with Crippen LogP contribution in [0.3, 0.4) is 0 Å². The van der Waals surface area contributed by atoms with Crippen LogP contribution in [0, 0.1) is 12.3 Å². The Bertz CT molecular complexity index is 1130. The lowest BCUT2D eigenvalue weighted by atomic mass is 9.75. The molecule has 0 bridgehead atoms. The number of carbonyl (C=O) groups is 2. The molecule has 0 aliphatic carbocycles. The van der Waals surface area contributed by atoms with Gasteiger partial charge in [0.1, 0.15) is 11.3 Å². The van der Waals surface area contributed by atoms with Crippen molar-refractivity contribution in [3.63, 3.8) is 0 Å². The van der Waals surface area contributed by atoms with Gasteiger partial charge in [-0.25, -0.2) is 4.98 Å². The fraction of sp³-hybridized carbons (Fsp3) is 0.375. The van der Waals surface area contributed by atoms with E-state index in [1.165, 1.54) is 0 Å². The molecule has 1 fully saturated rings. The van der Waals surface area contributed by atoms with Gasteiger partial charge in [0, 0.05) is 30.5 Å². The first-order chi connectivity index (χ1) is 14.9. The maximum absolute atomic E-state index is 13.3. The Balaban J connectivity index is 1.62. The summed E-state index contributed by atoms with van der Waals surface area (Å²) in [4.78, 5) is 32.6. The van der Waals surface area contributed by atoms with Gasteiger partial charge in [-0.2, -0.15) is 0 Å². The van der Waals surface area contributed by atoms with Gasteiger partial charge in [-0.3, -0.25) is 9.59 Å². The van der Waals surface area contributed by atoms with E-state index < -0.39 is 5.41 Å². The molecule has 4 rings (SSSR count). The Morgan fingerprint density at radius 3 is 2.84 bits per heavy atom.